The lowest BCUT2D eigenvalue weighted by Crippen LogP contribution is -2.48. The van der Waals surface area contributed by atoms with E-state index in [0.717, 1.165) is 6.07 Å². The molecule has 6 rings (SSSR count). The third-order valence-electron chi connectivity index (χ3n) is 7.66. The minimum absolute atomic E-state index is 0.0599. The van der Waals surface area contributed by atoms with Crippen molar-refractivity contribution in [3.63, 3.8) is 0 Å². The van der Waals surface area contributed by atoms with Gasteiger partial charge in [-0.05, 0) is 18.2 Å². The molecule has 17 heteroatoms. The van der Waals surface area contributed by atoms with E-state index in [9.17, 15) is 23.5 Å². The Bertz CT molecular complexity index is 1890. The number of rotatable bonds is 9. The van der Waals surface area contributed by atoms with E-state index >= 15 is 0 Å². The molecule has 0 aliphatic carbocycles. The van der Waals surface area contributed by atoms with E-state index in [-0.39, 0.29) is 29.4 Å². The van der Waals surface area contributed by atoms with Gasteiger partial charge in [0.25, 0.3) is 5.91 Å². The first-order chi connectivity index (χ1) is 21.2. The summed E-state index contributed by atoms with van der Waals surface area (Å²) >= 11 is 0. The number of aromatic nitrogens is 6. The number of imidazole rings is 1. The lowest BCUT2D eigenvalue weighted by Gasteiger charge is -2.36. The van der Waals surface area contributed by atoms with Gasteiger partial charge in [0.15, 0.2) is 17.1 Å². The number of nitrogens with one attached hydrogen (secondary N) is 1. The van der Waals surface area contributed by atoms with Gasteiger partial charge in [-0.1, -0.05) is 0 Å². The molecule has 0 spiro atoms. The van der Waals surface area contributed by atoms with Crippen molar-refractivity contribution in [3.05, 3.63) is 58.2 Å². The Kier molecular flexibility index (Phi) is 7.74. The highest BCUT2D eigenvalue weighted by molar-refractivity contribution is 5.95. The number of carbonyl (C=O) groups excluding carboxylic acids is 1. The summed E-state index contributed by atoms with van der Waals surface area (Å²) in [5, 5.41) is 25.1. The van der Waals surface area contributed by atoms with E-state index in [4.69, 9.17) is 15.3 Å². The molecule has 232 valence electrons. The third-order valence-corrected chi connectivity index (χ3v) is 7.66. The van der Waals surface area contributed by atoms with Crippen molar-refractivity contribution in [1.29, 1.82) is 0 Å². The van der Waals surface area contributed by atoms with Crippen molar-refractivity contribution < 1.29 is 28.2 Å². The zero-order valence-corrected chi connectivity index (χ0v) is 23.7. The average molecular weight is 613 g/mol. The van der Waals surface area contributed by atoms with Gasteiger partial charge in [-0.25, -0.2) is 18.6 Å². The second-order valence-corrected chi connectivity index (χ2v) is 10.4. The van der Waals surface area contributed by atoms with Crippen LogP contribution >= 0.6 is 0 Å². The maximum absolute atomic E-state index is 14.8. The second kappa shape index (κ2) is 11.7. The van der Waals surface area contributed by atoms with Crippen LogP contribution in [0.25, 0.3) is 28.4 Å². The molecule has 0 unspecified atom stereocenters. The Balaban J connectivity index is 1.16. The molecule has 1 atom stereocenters. The normalized spacial score (nSPS) is 15.0. The summed E-state index contributed by atoms with van der Waals surface area (Å²) in [6.45, 7) is 1.73. The van der Waals surface area contributed by atoms with Crippen LogP contribution in [0.4, 0.5) is 20.4 Å². The summed E-state index contributed by atoms with van der Waals surface area (Å²) in [4.78, 5) is 38.5. The molecule has 0 bridgehead atoms. The number of piperazine rings is 1. The number of fused-ring (bicyclic) bond motifs is 3. The topological polar surface area (TPSA) is 185 Å². The highest BCUT2D eigenvalue weighted by atomic mass is 19.1. The largest absolute Gasteiger partial charge is 0.461 e. The predicted molar refractivity (Wildman–Crippen MR) is 154 cm³/mol. The maximum Gasteiger partial charge on any atom is 0.330 e. The lowest BCUT2D eigenvalue weighted by molar-refractivity contribution is 0.0799. The molecule has 1 aromatic carbocycles. The van der Waals surface area contributed by atoms with E-state index < -0.39 is 30.3 Å². The molecule has 1 fully saturated rings. The summed E-state index contributed by atoms with van der Waals surface area (Å²) in [6, 6.07) is 5.24. The maximum atomic E-state index is 14.8. The molecule has 5 aromatic rings. The molecule has 1 amide bonds. The van der Waals surface area contributed by atoms with E-state index in [1.807, 2.05) is 0 Å². The molecular weight excluding hydrogens is 582 g/mol. The predicted octanol–water partition coefficient (Wildman–Crippen LogP) is -0.197. The summed E-state index contributed by atoms with van der Waals surface area (Å²) in [6.07, 6.45) is 0.308. The summed E-state index contributed by atoms with van der Waals surface area (Å²) in [7, 11) is 1.62. The molecule has 5 heterocycles. The monoisotopic (exact) mass is 612 g/mol. The Hall–Kier alpha value is -4.87. The Morgan fingerprint density at radius 2 is 1.91 bits per heavy atom. The minimum atomic E-state index is -1.20. The summed E-state index contributed by atoms with van der Waals surface area (Å²) < 4.78 is 38.9. The van der Waals surface area contributed by atoms with Crippen LogP contribution in [0.3, 0.4) is 0 Å². The highest BCUT2D eigenvalue weighted by Crippen LogP contribution is 2.26. The zero-order chi connectivity index (χ0) is 31.1. The van der Waals surface area contributed by atoms with E-state index in [0.29, 0.717) is 73.7 Å². The van der Waals surface area contributed by atoms with Crippen molar-refractivity contribution in [3.8, 4) is 11.6 Å². The van der Waals surface area contributed by atoms with Gasteiger partial charge in [-0.3, -0.25) is 18.8 Å². The standard InChI is InChI=1S/C27H30F2N10O5/c1-35-21-23(33-26(30)39-24(21)32-22(34-39)20-3-2-10-44-20)38(27(35)43)9-6-36-4-7-37(8-5-36)19-11-16(17(28)12-18(19)29)25(42)31-13-15(41)14-40/h2-3,10-12,15,40-41H,4-9,13-14H2,1H3,(H2,30,33)(H,31,42)/t15-/m0/s1. The molecule has 4 aromatic heterocycles. The number of hydrogen-bond donors (Lipinski definition) is 4. The summed E-state index contributed by atoms with van der Waals surface area (Å²) in [5.41, 5.74) is 6.81. The smallest absolute Gasteiger partial charge is 0.330 e. The summed E-state index contributed by atoms with van der Waals surface area (Å²) in [5.74, 6) is -1.85. The first kappa shape index (κ1) is 29.2. The first-order valence-electron chi connectivity index (χ1n) is 13.8. The molecule has 44 heavy (non-hydrogen) atoms. The Morgan fingerprint density at radius 1 is 1.14 bits per heavy atom. The van der Waals surface area contributed by atoms with Crippen LogP contribution in [0, 0.1) is 11.6 Å². The number of benzene rings is 1. The van der Waals surface area contributed by atoms with E-state index in [1.165, 1.54) is 19.9 Å². The SMILES string of the molecule is Cn1c(=O)n(CCN2CCN(c3cc(C(=O)NC[C@H](O)CO)c(F)cc3F)CC2)c2nc(N)n3nc(-c4ccco4)nc3c21. The number of furan rings is 1. The minimum Gasteiger partial charge on any atom is -0.461 e. The fourth-order valence-corrected chi connectivity index (χ4v) is 5.28. The Labute approximate surface area is 247 Å². The Morgan fingerprint density at radius 3 is 2.61 bits per heavy atom. The molecular formula is C27H30F2N10O5. The van der Waals surface area contributed by atoms with Gasteiger partial charge in [0.2, 0.25) is 11.8 Å². The van der Waals surface area contributed by atoms with Gasteiger partial charge in [0.05, 0.1) is 30.2 Å². The fraction of sp³-hybridized carbons (Fsp3) is 0.370. The quantitative estimate of drug-likeness (QED) is 0.173. The van der Waals surface area contributed by atoms with Gasteiger partial charge in [0, 0.05) is 58.9 Å². The highest BCUT2D eigenvalue weighted by Gasteiger charge is 2.25. The van der Waals surface area contributed by atoms with Gasteiger partial charge in [-0.2, -0.15) is 9.50 Å². The third kappa shape index (κ3) is 5.24. The van der Waals surface area contributed by atoms with Gasteiger partial charge in [0.1, 0.15) is 17.2 Å². The number of nitrogens with two attached hydrogens (primary N) is 1. The molecule has 1 aliphatic rings. The number of nitrogens with zero attached hydrogens (tertiary/aromatic N) is 8. The van der Waals surface area contributed by atoms with Crippen LogP contribution in [0.2, 0.25) is 0 Å². The van der Waals surface area contributed by atoms with E-state index in [1.54, 1.807) is 24.1 Å². The number of aliphatic hydroxyl groups excluding tert-OH is 2. The number of hydrogen-bond acceptors (Lipinski definition) is 11. The van der Waals surface area contributed by atoms with Crippen molar-refractivity contribution >= 4 is 34.4 Å². The van der Waals surface area contributed by atoms with E-state index in [2.05, 4.69) is 25.3 Å². The number of aliphatic hydroxyl groups is 2. The van der Waals surface area contributed by atoms with Gasteiger partial charge >= 0.3 is 5.69 Å². The number of aryl methyl sites for hydroxylation is 1. The number of carbonyl (C=O) groups is 1. The van der Waals surface area contributed by atoms with Crippen LogP contribution < -0.4 is 21.6 Å². The second-order valence-electron chi connectivity index (χ2n) is 10.4. The van der Waals surface area contributed by atoms with Crippen LogP contribution in [0.1, 0.15) is 10.4 Å². The number of halogens is 2. The average Bonchev–Trinajstić information content (AvgIpc) is 3.75. The number of amides is 1. The van der Waals surface area contributed by atoms with Gasteiger partial charge < -0.3 is 30.6 Å². The van der Waals surface area contributed by atoms with Gasteiger partial charge in [-0.15, -0.1) is 5.10 Å². The molecule has 0 saturated carbocycles. The molecule has 0 radical (unpaired) electrons. The zero-order valence-electron chi connectivity index (χ0n) is 23.7. The number of nitrogen functional groups attached to an aromatic ring is 1. The molecule has 1 aliphatic heterocycles. The molecule has 5 N–H and O–H groups in total. The number of anilines is 2. The van der Waals surface area contributed by atoms with Crippen LogP contribution in [0.15, 0.2) is 39.7 Å². The van der Waals surface area contributed by atoms with Crippen molar-refractivity contribution in [2.24, 2.45) is 7.05 Å². The van der Waals surface area contributed by atoms with Crippen molar-refractivity contribution in [2.75, 3.05) is 56.5 Å². The van der Waals surface area contributed by atoms with Crippen LogP contribution in [0.5, 0.6) is 0 Å². The first-order valence-corrected chi connectivity index (χ1v) is 13.8. The van der Waals surface area contributed by atoms with Crippen molar-refractivity contribution in [2.45, 2.75) is 12.6 Å². The van der Waals surface area contributed by atoms with Crippen LogP contribution in [-0.4, -0.2) is 102 Å². The lowest BCUT2D eigenvalue weighted by atomic mass is 10.1. The van der Waals surface area contributed by atoms with Crippen molar-refractivity contribution in [1.82, 2.24) is 38.9 Å². The fourth-order valence-electron chi connectivity index (χ4n) is 5.28. The van der Waals surface area contributed by atoms with Crippen LogP contribution in [-0.2, 0) is 13.6 Å². The molecule has 15 nitrogen and oxygen atoms in total. The molecule has 1 saturated heterocycles.